The molecular weight excluding hydrogens is 216 g/mol. The van der Waals surface area contributed by atoms with E-state index in [-0.39, 0.29) is 13.0 Å². The number of fused-ring (bicyclic) bond motifs is 1. The maximum atomic E-state index is 13.0. The second-order valence-electron chi connectivity index (χ2n) is 3.85. The van der Waals surface area contributed by atoms with Crippen molar-refractivity contribution < 1.29 is 8.78 Å². The number of rotatable bonds is 1. The molecule has 3 rings (SSSR count). The lowest BCUT2D eigenvalue weighted by atomic mass is 10.3. The number of halogens is 2. The average Bonchev–Trinajstić information content (AvgIpc) is 2.82. The summed E-state index contributed by atoms with van der Waals surface area (Å²) in [5.74, 6) is -2.08. The summed E-state index contributed by atoms with van der Waals surface area (Å²) < 4.78 is 27.5. The van der Waals surface area contributed by atoms with Gasteiger partial charge in [0.05, 0.1) is 6.54 Å². The fourth-order valence-corrected chi connectivity index (χ4v) is 1.82. The number of hydrogen-bond acceptors (Lipinski definition) is 4. The van der Waals surface area contributed by atoms with Crippen molar-refractivity contribution in [2.75, 3.05) is 18.0 Å². The number of anilines is 1. The molecule has 0 aliphatic carbocycles. The van der Waals surface area contributed by atoms with Crippen LogP contribution >= 0.6 is 0 Å². The lowest BCUT2D eigenvalue weighted by Gasteiger charge is -2.16. The van der Waals surface area contributed by atoms with Gasteiger partial charge in [-0.2, -0.15) is 4.52 Å². The standard InChI is InChI=1S/C9H9F2N5/c10-9(11)3-4-15(5-9)8-2-1-7-13-12-6-16(7)14-8/h1-2,6H,3-5H2. The summed E-state index contributed by atoms with van der Waals surface area (Å²) in [6.45, 7) is 0.0568. The third-order valence-corrected chi connectivity index (χ3v) is 2.64. The highest BCUT2D eigenvalue weighted by atomic mass is 19.3. The lowest BCUT2D eigenvalue weighted by Crippen LogP contribution is -2.25. The van der Waals surface area contributed by atoms with Crippen molar-refractivity contribution in [3.63, 3.8) is 0 Å². The van der Waals surface area contributed by atoms with Gasteiger partial charge in [-0.25, -0.2) is 8.78 Å². The van der Waals surface area contributed by atoms with E-state index in [1.165, 1.54) is 10.8 Å². The zero-order valence-electron chi connectivity index (χ0n) is 8.35. The Morgan fingerprint density at radius 2 is 2.19 bits per heavy atom. The summed E-state index contributed by atoms with van der Waals surface area (Å²) in [6.07, 6.45) is 1.34. The fraction of sp³-hybridized carbons (Fsp3) is 0.444. The Kier molecular flexibility index (Phi) is 1.83. The van der Waals surface area contributed by atoms with Crippen LogP contribution in [0.5, 0.6) is 0 Å². The highest BCUT2D eigenvalue weighted by Gasteiger charge is 2.38. The molecule has 0 saturated carbocycles. The minimum atomic E-state index is -2.61. The summed E-state index contributed by atoms with van der Waals surface area (Å²) in [5.41, 5.74) is 0.606. The van der Waals surface area contributed by atoms with E-state index in [0.29, 0.717) is 18.0 Å². The molecule has 0 radical (unpaired) electrons. The van der Waals surface area contributed by atoms with Crippen LogP contribution in [0.15, 0.2) is 18.5 Å². The zero-order chi connectivity index (χ0) is 11.2. The third kappa shape index (κ3) is 1.48. The molecule has 0 atom stereocenters. The topological polar surface area (TPSA) is 46.3 Å². The zero-order valence-corrected chi connectivity index (χ0v) is 8.35. The van der Waals surface area contributed by atoms with Gasteiger partial charge < -0.3 is 4.90 Å². The minimum absolute atomic E-state index is 0.116. The highest BCUT2D eigenvalue weighted by Crippen LogP contribution is 2.29. The Morgan fingerprint density at radius 3 is 2.94 bits per heavy atom. The van der Waals surface area contributed by atoms with Gasteiger partial charge in [-0.15, -0.1) is 15.3 Å². The van der Waals surface area contributed by atoms with E-state index in [0.717, 1.165) is 0 Å². The smallest absolute Gasteiger partial charge is 0.266 e. The molecule has 1 aliphatic rings. The van der Waals surface area contributed by atoms with Crippen molar-refractivity contribution in [3.05, 3.63) is 18.5 Å². The number of nitrogens with zero attached hydrogens (tertiary/aromatic N) is 5. The molecule has 1 fully saturated rings. The van der Waals surface area contributed by atoms with Crippen molar-refractivity contribution in [2.45, 2.75) is 12.3 Å². The van der Waals surface area contributed by atoms with Crippen molar-refractivity contribution in [1.29, 1.82) is 0 Å². The third-order valence-electron chi connectivity index (χ3n) is 2.64. The molecule has 0 N–H and O–H groups in total. The van der Waals surface area contributed by atoms with Gasteiger partial charge in [0.2, 0.25) is 0 Å². The molecule has 0 amide bonds. The first-order chi connectivity index (χ1) is 7.64. The summed E-state index contributed by atoms with van der Waals surface area (Å²) in [7, 11) is 0. The van der Waals surface area contributed by atoms with Crippen LogP contribution in [0, 0.1) is 0 Å². The Hall–Kier alpha value is -1.79. The van der Waals surface area contributed by atoms with Crippen LogP contribution in [0.4, 0.5) is 14.6 Å². The van der Waals surface area contributed by atoms with Crippen LogP contribution in [-0.4, -0.2) is 38.8 Å². The van der Waals surface area contributed by atoms with Crippen molar-refractivity contribution in [3.8, 4) is 0 Å². The van der Waals surface area contributed by atoms with E-state index in [2.05, 4.69) is 15.3 Å². The molecule has 5 nitrogen and oxygen atoms in total. The first kappa shape index (κ1) is 9.44. The molecule has 0 aromatic carbocycles. The molecule has 84 valence electrons. The van der Waals surface area contributed by atoms with Gasteiger partial charge in [0.1, 0.15) is 12.1 Å². The molecule has 0 bridgehead atoms. The van der Waals surface area contributed by atoms with Crippen molar-refractivity contribution in [2.24, 2.45) is 0 Å². The molecule has 1 saturated heterocycles. The van der Waals surface area contributed by atoms with Crippen LogP contribution in [0.1, 0.15) is 6.42 Å². The van der Waals surface area contributed by atoms with Crippen LogP contribution < -0.4 is 4.90 Å². The van der Waals surface area contributed by atoms with Crippen LogP contribution in [0.25, 0.3) is 5.65 Å². The molecule has 1 aliphatic heterocycles. The highest BCUT2D eigenvalue weighted by molar-refractivity contribution is 5.46. The predicted octanol–water partition coefficient (Wildman–Crippen LogP) is 0.970. The molecule has 7 heteroatoms. The predicted molar refractivity (Wildman–Crippen MR) is 52.6 cm³/mol. The van der Waals surface area contributed by atoms with Crippen LogP contribution in [0.2, 0.25) is 0 Å². The summed E-state index contributed by atoms with van der Waals surface area (Å²) in [4.78, 5) is 1.57. The maximum Gasteiger partial charge on any atom is 0.266 e. The average molecular weight is 225 g/mol. The van der Waals surface area contributed by atoms with E-state index in [1.807, 2.05) is 0 Å². The van der Waals surface area contributed by atoms with Gasteiger partial charge in [-0.05, 0) is 12.1 Å². The second kappa shape index (κ2) is 3.10. The molecular formula is C9H9F2N5. The van der Waals surface area contributed by atoms with Crippen LogP contribution in [-0.2, 0) is 0 Å². The van der Waals surface area contributed by atoms with Gasteiger partial charge in [0, 0.05) is 13.0 Å². The molecule has 3 heterocycles. The van der Waals surface area contributed by atoms with Gasteiger partial charge in [0.25, 0.3) is 5.92 Å². The molecule has 0 spiro atoms. The first-order valence-electron chi connectivity index (χ1n) is 4.94. The normalized spacial score (nSPS) is 19.5. The molecule has 2 aromatic heterocycles. The Morgan fingerprint density at radius 1 is 1.31 bits per heavy atom. The number of alkyl halides is 2. The quantitative estimate of drug-likeness (QED) is 0.725. The second-order valence-corrected chi connectivity index (χ2v) is 3.85. The van der Waals surface area contributed by atoms with E-state index >= 15 is 0 Å². The molecule has 16 heavy (non-hydrogen) atoms. The Balaban J connectivity index is 1.94. The Labute approximate surface area is 89.7 Å². The van der Waals surface area contributed by atoms with E-state index in [1.54, 1.807) is 17.0 Å². The molecule has 0 unspecified atom stereocenters. The first-order valence-corrected chi connectivity index (χ1v) is 4.94. The van der Waals surface area contributed by atoms with Crippen molar-refractivity contribution in [1.82, 2.24) is 19.8 Å². The van der Waals surface area contributed by atoms with Gasteiger partial charge >= 0.3 is 0 Å². The van der Waals surface area contributed by atoms with E-state index in [4.69, 9.17) is 0 Å². The fourth-order valence-electron chi connectivity index (χ4n) is 1.82. The van der Waals surface area contributed by atoms with Crippen molar-refractivity contribution >= 4 is 11.5 Å². The monoisotopic (exact) mass is 225 g/mol. The maximum absolute atomic E-state index is 13.0. The largest absolute Gasteiger partial charge is 0.349 e. The Bertz CT molecular complexity index is 523. The summed E-state index contributed by atoms with van der Waals surface area (Å²) in [5, 5.41) is 11.6. The molecule has 2 aromatic rings. The van der Waals surface area contributed by atoms with Gasteiger partial charge in [-0.1, -0.05) is 0 Å². The van der Waals surface area contributed by atoms with Gasteiger partial charge in [0.15, 0.2) is 5.65 Å². The van der Waals surface area contributed by atoms with Gasteiger partial charge in [-0.3, -0.25) is 0 Å². The lowest BCUT2D eigenvalue weighted by molar-refractivity contribution is 0.0256. The van der Waals surface area contributed by atoms with E-state index in [9.17, 15) is 8.78 Å². The SMILES string of the molecule is FC1(F)CCN(c2ccc3nncn3n2)C1. The summed E-state index contributed by atoms with van der Waals surface area (Å²) in [6, 6.07) is 3.40. The van der Waals surface area contributed by atoms with Crippen LogP contribution in [0.3, 0.4) is 0 Å². The minimum Gasteiger partial charge on any atom is -0.349 e. The number of aromatic nitrogens is 4. The van der Waals surface area contributed by atoms with E-state index < -0.39 is 5.92 Å². The summed E-state index contributed by atoms with van der Waals surface area (Å²) >= 11 is 0. The number of hydrogen-bond donors (Lipinski definition) is 0.